The van der Waals surface area contributed by atoms with Gasteiger partial charge in [0.05, 0.1) is 6.61 Å². The van der Waals surface area contributed by atoms with Crippen molar-refractivity contribution in [3.63, 3.8) is 0 Å². The van der Waals surface area contributed by atoms with Gasteiger partial charge in [-0.15, -0.1) is 0 Å². The Morgan fingerprint density at radius 1 is 1.17 bits per heavy atom. The Labute approximate surface area is 112 Å². The van der Waals surface area contributed by atoms with E-state index in [2.05, 4.69) is 50.4 Å². The topological polar surface area (TPSA) is 21.3 Å². The van der Waals surface area contributed by atoms with Gasteiger partial charge in [-0.3, -0.25) is 0 Å². The van der Waals surface area contributed by atoms with E-state index in [1.807, 2.05) is 0 Å². The standard InChI is InChI=1S/C16H27NO/c1-4-10-17-12-16(13-18-5-2)11-15-8-6-14(3)7-9-15/h6-9,16-17H,4-5,10-13H2,1-3H3. The zero-order valence-electron chi connectivity index (χ0n) is 12.0. The third kappa shape index (κ3) is 6.18. The van der Waals surface area contributed by atoms with Crippen LogP contribution in [-0.2, 0) is 11.2 Å². The minimum Gasteiger partial charge on any atom is -0.381 e. The molecule has 0 bridgehead atoms. The number of benzene rings is 1. The van der Waals surface area contributed by atoms with Gasteiger partial charge in [0.15, 0.2) is 0 Å². The van der Waals surface area contributed by atoms with Gasteiger partial charge in [-0.2, -0.15) is 0 Å². The highest BCUT2D eigenvalue weighted by atomic mass is 16.5. The number of aryl methyl sites for hydroxylation is 1. The monoisotopic (exact) mass is 249 g/mol. The second-order valence-electron chi connectivity index (χ2n) is 4.92. The van der Waals surface area contributed by atoms with E-state index in [0.717, 1.165) is 32.7 Å². The molecule has 1 atom stereocenters. The zero-order chi connectivity index (χ0) is 13.2. The van der Waals surface area contributed by atoms with E-state index in [4.69, 9.17) is 4.74 Å². The van der Waals surface area contributed by atoms with Crippen LogP contribution in [0.3, 0.4) is 0 Å². The Morgan fingerprint density at radius 3 is 2.50 bits per heavy atom. The summed E-state index contributed by atoms with van der Waals surface area (Å²) in [5.74, 6) is 0.569. The molecule has 1 aromatic carbocycles. The predicted octanol–water partition coefficient (Wildman–Crippen LogP) is 3.19. The second-order valence-corrected chi connectivity index (χ2v) is 4.92. The van der Waals surface area contributed by atoms with Gasteiger partial charge in [-0.25, -0.2) is 0 Å². The van der Waals surface area contributed by atoms with Crippen molar-refractivity contribution >= 4 is 0 Å². The normalized spacial score (nSPS) is 12.6. The number of hydrogen-bond donors (Lipinski definition) is 1. The Bertz CT molecular complexity index is 307. The number of hydrogen-bond acceptors (Lipinski definition) is 2. The van der Waals surface area contributed by atoms with Gasteiger partial charge in [0.25, 0.3) is 0 Å². The Kier molecular flexibility index (Phi) is 7.70. The summed E-state index contributed by atoms with van der Waals surface area (Å²) < 4.78 is 5.58. The first-order chi connectivity index (χ1) is 8.76. The number of rotatable bonds is 9. The van der Waals surface area contributed by atoms with E-state index in [9.17, 15) is 0 Å². The molecule has 2 nitrogen and oxygen atoms in total. The number of nitrogens with one attached hydrogen (secondary N) is 1. The molecule has 0 heterocycles. The van der Waals surface area contributed by atoms with Gasteiger partial charge in [0.1, 0.15) is 0 Å². The van der Waals surface area contributed by atoms with Crippen molar-refractivity contribution in [2.75, 3.05) is 26.3 Å². The highest BCUT2D eigenvalue weighted by Crippen LogP contribution is 2.10. The molecule has 0 aliphatic heterocycles. The van der Waals surface area contributed by atoms with Gasteiger partial charge in [-0.1, -0.05) is 36.8 Å². The molecule has 0 aromatic heterocycles. The van der Waals surface area contributed by atoms with Crippen LogP contribution >= 0.6 is 0 Å². The highest BCUT2D eigenvalue weighted by Gasteiger charge is 2.09. The van der Waals surface area contributed by atoms with E-state index in [1.54, 1.807) is 0 Å². The Balaban J connectivity index is 2.45. The summed E-state index contributed by atoms with van der Waals surface area (Å²) in [5.41, 5.74) is 2.73. The first kappa shape index (κ1) is 15.2. The molecule has 0 aliphatic carbocycles. The van der Waals surface area contributed by atoms with Crippen LogP contribution in [0, 0.1) is 12.8 Å². The van der Waals surface area contributed by atoms with E-state index in [0.29, 0.717) is 5.92 Å². The first-order valence-corrected chi connectivity index (χ1v) is 7.10. The van der Waals surface area contributed by atoms with Crippen LogP contribution in [0.15, 0.2) is 24.3 Å². The molecule has 0 fully saturated rings. The SMILES string of the molecule is CCCNCC(COCC)Cc1ccc(C)cc1. The minimum atomic E-state index is 0.569. The quantitative estimate of drug-likeness (QED) is 0.679. The largest absolute Gasteiger partial charge is 0.381 e. The van der Waals surface area contributed by atoms with E-state index < -0.39 is 0 Å². The molecule has 0 saturated heterocycles. The number of ether oxygens (including phenoxy) is 1. The zero-order valence-corrected chi connectivity index (χ0v) is 12.0. The first-order valence-electron chi connectivity index (χ1n) is 7.10. The van der Waals surface area contributed by atoms with E-state index >= 15 is 0 Å². The fraction of sp³-hybridized carbons (Fsp3) is 0.625. The molecule has 1 aromatic rings. The molecular formula is C16H27NO. The lowest BCUT2D eigenvalue weighted by atomic mass is 9.99. The smallest absolute Gasteiger partial charge is 0.0509 e. The summed E-state index contributed by atoms with van der Waals surface area (Å²) in [5, 5.41) is 3.50. The van der Waals surface area contributed by atoms with Gasteiger partial charge in [0, 0.05) is 13.2 Å². The van der Waals surface area contributed by atoms with Gasteiger partial charge < -0.3 is 10.1 Å². The summed E-state index contributed by atoms with van der Waals surface area (Å²) in [6.07, 6.45) is 2.28. The fourth-order valence-electron chi connectivity index (χ4n) is 2.01. The van der Waals surface area contributed by atoms with Crippen LogP contribution in [0.2, 0.25) is 0 Å². The average molecular weight is 249 g/mol. The summed E-state index contributed by atoms with van der Waals surface area (Å²) in [4.78, 5) is 0. The van der Waals surface area contributed by atoms with Crippen LogP contribution in [0.4, 0.5) is 0 Å². The third-order valence-electron chi connectivity index (χ3n) is 3.06. The van der Waals surface area contributed by atoms with E-state index in [-0.39, 0.29) is 0 Å². The van der Waals surface area contributed by atoms with E-state index in [1.165, 1.54) is 17.5 Å². The molecule has 0 saturated carbocycles. The predicted molar refractivity (Wildman–Crippen MR) is 78.0 cm³/mol. The highest BCUT2D eigenvalue weighted by molar-refractivity contribution is 5.21. The summed E-state index contributed by atoms with van der Waals surface area (Å²) in [6, 6.07) is 8.83. The average Bonchev–Trinajstić information content (AvgIpc) is 2.38. The van der Waals surface area contributed by atoms with Gasteiger partial charge >= 0.3 is 0 Å². The lowest BCUT2D eigenvalue weighted by Gasteiger charge is -2.17. The van der Waals surface area contributed by atoms with Crippen LogP contribution in [0.1, 0.15) is 31.4 Å². The van der Waals surface area contributed by atoms with Crippen LogP contribution in [0.25, 0.3) is 0 Å². The fourth-order valence-corrected chi connectivity index (χ4v) is 2.01. The van der Waals surface area contributed by atoms with Crippen LogP contribution < -0.4 is 5.32 Å². The van der Waals surface area contributed by atoms with Crippen LogP contribution in [-0.4, -0.2) is 26.3 Å². The lowest BCUT2D eigenvalue weighted by Crippen LogP contribution is -2.28. The van der Waals surface area contributed by atoms with Gasteiger partial charge in [0.2, 0.25) is 0 Å². The third-order valence-corrected chi connectivity index (χ3v) is 3.06. The molecule has 1 N–H and O–H groups in total. The maximum atomic E-state index is 5.58. The molecule has 0 spiro atoms. The summed E-state index contributed by atoms with van der Waals surface area (Å²) >= 11 is 0. The molecule has 2 heteroatoms. The maximum absolute atomic E-state index is 5.58. The molecule has 0 radical (unpaired) electrons. The Hall–Kier alpha value is -0.860. The summed E-state index contributed by atoms with van der Waals surface area (Å²) in [7, 11) is 0. The summed E-state index contributed by atoms with van der Waals surface area (Å²) in [6.45, 7) is 10.2. The van der Waals surface area contributed by atoms with Crippen molar-refractivity contribution in [2.45, 2.75) is 33.6 Å². The molecule has 18 heavy (non-hydrogen) atoms. The van der Waals surface area contributed by atoms with Crippen molar-refractivity contribution in [1.29, 1.82) is 0 Å². The van der Waals surface area contributed by atoms with Crippen molar-refractivity contribution in [2.24, 2.45) is 5.92 Å². The van der Waals surface area contributed by atoms with Crippen molar-refractivity contribution in [1.82, 2.24) is 5.32 Å². The molecular weight excluding hydrogens is 222 g/mol. The Morgan fingerprint density at radius 2 is 1.89 bits per heavy atom. The molecule has 1 unspecified atom stereocenters. The maximum Gasteiger partial charge on any atom is 0.0509 e. The van der Waals surface area contributed by atoms with Crippen LogP contribution in [0.5, 0.6) is 0 Å². The lowest BCUT2D eigenvalue weighted by molar-refractivity contribution is 0.110. The second kappa shape index (κ2) is 9.12. The minimum absolute atomic E-state index is 0.569. The van der Waals surface area contributed by atoms with Crippen molar-refractivity contribution in [3.05, 3.63) is 35.4 Å². The molecule has 102 valence electrons. The van der Waals surface area contributed by atoms with Crippen molar-refractivity contribution in [3.8, 4) is 0 Å². The van der Waals surface area contributed by atoms with Crippen molar-refractivity contribution < 1.29 is 4.74 Å². The van der Waals surface area contributed by atoms with Gasteiger partial charge in [-0.05, 0) is 44.7 Å². The molecule has 0 aliphatic rings. The molecule has 0 amide bonds. The molecule has 1 rings (SSSR count).